The van der Waals surface area contributed by atoms with E-state index in [1.54, 1.807) is 0 Å². The van der Waals surface area contributed by atoms with Crippen molar-refractivity contribution in [2.45, 2.75) is 33.1 Å². The third-order valence-electron chi connectivity index (χ3n) is 4.68. The quantitative estimate of drug-likeness (QED) is 0.914. The van der Waals surface area contributed by atoms with Crippen LogP contribution >= 0.6 is 0 Å². The molecule has 1 amide bonds. The third kappa shape index (κ3) is 3.23. The molecule has 0 spiro atoms. The molecule has 5 nitrogen and oxygen atoms in total. The van der Waals surface area contributed by atoms with Gasteiger partial charge in [0.05, 0.1) is 0 Å². The van der Waals surface area contributed by atoms with Crippen LogP contribution in [0.1, 0.15) is 40.9 Å². The summed E-state index contributed by atoms with van der Waals surface area (Å²) in [7, 11) is 0. The van der Waals surface area contributed by atoms with E-state index in [9.17, 15) is 9.59 Å². The molecule has 0 bridgehead atoms. The number of aryl methyl sites for hydroxylation is 2. The van der Waals surface area contributed by atoms with Crippen LogP contribution in [-0.2, 0) is 4.79 Å². The second-order valence-corrected chi connectivity index (χ2v) is 6.56. The summed E-state index contributed by atoms with van der Waals surface area (Å²) in [6.45, 7) is 5.35. The maximum atomic E-state index is 12.7. The lowest BCUT2D eigenvalue weighted by Crippen LogP contribution is -2.39. The Balaban J connectivity index is 1.74. The van der Waals surface area contributed by atoms with Crippen LogP contribution in [0, 0.1) is 19.8 Å². The van der Waals surface area contributed by atoms with E-state index in [1.165, 1.54) is 5.56 Å². The minimum Gasteiger partial charge on any atom is -0.481 e. The molecule has 0 radical (unpaired) electrons. The van der Waals surface area contributed by atoms with Crippen LogP contribution in [0.5, 0.6) is 0 Å². The number of carbonyl (C=O) groups excluding carboxylic acids is 1. The topological polar surface area (TPSA) is 73.4 Å². The number of benzene rings is 1. The van der Waals surface area contributed by atoms with Gasteiger partial charge in [-0.1, -0.05) is 6.07 Å². The zero-order chi connectivity index (χ0) is 16.6. The van der Waals surface area contributed by atoms with Gasteiger partial charge in [-0.05, 0) is 55.9 Å². The monoisotopic (exact) mass is 314 g/mol. The number of hydrogen-bond donors (Lipinski definition) is 2. The number of amides is 1. The molecular formula is C18H22N2O3. The number of aliphatic carboxylic acids is 1. The third-order valence-corrected chi connectivity index (χ3v) is 4.68. The Hall–Kier alpha value is -2.30. The lowest BCUT2D eigenvalue weighted by Gasteiger charge is -2.31. The minimum atomic E-state index is -0.753. The molecule has 1 aliphatic rings. The maximum absolute atomic E-state index is 12.7. The van der Waals surface area contributed by atoms with Crippen molar-refractivity contribution in [3.63, 3.8) is 0 Å². The molecule has 0 unspecified atom stereocenters. The number of carbonyl (C=O) groups is 2. The number of likely N-dealkylation sites (tertiary alicyclic amines) is 1. The Morgan fingerprint density at radius 3 is 2.57 bits per heavy atom. The summed E-state index contributed by atoms with van der Waals surface area (Å²) >= 11 is 0. The number of rotatable bonds is 3. The fourth-order valence-electron chi connectivity index (χ4n) is 3.47. The van der Waals surface area contributed by atoms with Gasteiger partial charge in [0.1, 0.15) is 5.69 Å². The number of aromatic amines is 1. The van der Waals surface area contributed by atoms with Gasteiger partial charge in [0.25, 0.3) is 5.91 Å². The van der Waals surface area contributed by atoms with Gasteiger partial charge in [0.2, 0.25) is 0 Å². The van der Waals surface area contributed by atoms with Gasteiger partial charge in [0.15, 0.2) is 0 Å². The van der Waals surface area contributed by atoms with E-state index in [0.29, 0.717) is 18.8 Å². The molecule has 1 saturated heterocycles. The van der Waals surface area contributed by atoms with Crippen LogP contribution in [0.4, 0.5) is 0 Å². The molecule has 0 atom stereocenters. The second-order valence-electron chi connectivity index (χ2n) is 6.56. The standard InChI is InChI=1S/C18H22N2O3/c1-11-7-12(2)14-10-16(19-15(14)8-11)18(23)20-5-3-13(4-6-20)9-17(21)22/h7-8,10,13,19H,3-6,9H2,1-2H3,(H,21,22). The molecule has 5 heteroatoms. The van der Waals surface area contributed by atoms with Crippen molar-refractivity contribution in [2.24, 2.45) is 5.92 Å². The first-order chi connectivity index (χ1) is 10.9. The van der Waals surface area contributed by atoms with Gasteiger partial charge in [-0.25, -0.2) is 0 Å². The number of piperidine rings is 1. The first kappa shape index (κ1) is 15.6. The molecule has 3 rings (SSSR count). The number of fused-ring (bicyclic) bond motifs is 1. The van der Waals surface area contributed by atoms with Crippen LogP contribution in [0.15, 0.2) is 18.2 Å². The van der Waals surface area contributed by atoms with Gasteiger partial charge in [-0.3, -0.25) is 9.59 Å². The number of carboxylic acids is 1. The van der Waals surface area contributed by atoms with Crippen LogP contribution in [0.3, 0.4) is 0 Å². The predicted octanol–water partition coefficient (Wildman–Crippen LogP) is 3.11. The molecule has 23 heavy (non-hydrogen) atoms. The van der Waals surface area contributed by atoms with E-state index in [4.69, 9.17) is 5.11 Å². The maximum Gasteiger partial charge on any atom is 0.303 e. The molecular weight excluding hydrogens is 292 g/mol. The zero-order valence-corrected chi connectivity index (χ0v) is 13.6. The van der Waals surface area contributed by atoms with E-state index in [2.05, 4.69) is 24.0 Å². The number of nitrogens with one attached hydrogen (secondary N) is 1. The fourth-order valence-corrected chi connectivity index (χ4v) is 3.47. The SMILES string of the molecule is Cc1cc(C)c2cc(C(=O)N3CCC(CC(=O)O)CC3)[nH]c2c1. The van der Waals surface area contributed by atoms with Gasteiger partial charge < -0.3 is 15.0 Å². The fraction of sp³-hybridized carbons (Fsp3) is 0.444. The Morgan fingerprint density at radius 2 is 1.91 bits per heavy atom. The zero-order valence-electron chi connectivity index (χ0n) is 13.6. The molecule has 2 aromatic rings. The van der Waals surface area contributed by atoms with Crippen molar-refractivity contribution in [3.8, 4) is 0 Å². The molecule has 1 aromatic carbocycles. The van der Waals surface area contributed by atoms with Crippen LogP contribution in [0.2, 0.25) is 0 Å². The largest absolute Gasteiger partial charge is 0.481 e. The number of carboxylic acid groups (broad SMARTS) is 1. The van der Waals surface area contributed by atoms with Crippen molar-refractivity contribution in [1.82, 2.24) is 9.88 Å². The predicted molar refractivity (Wildman–Crippen MR) is 88.7 cm³/mol. The number of aromatic nitrogens is 1. The molecule has 122 valence electrons. The highest BCUT2D eigenvalue weighted by Crippen LogP contribution is 2.25. The van der Waals surface area contributed by atoms with E-state index < -0.39 is 5.97 Å². The van der Waals surface area contributed by atoms with E-state index in [1.807, 2.05) is 17.9 Å². The Morgan fingerprint density at radius 1 is 1.22 bits per heavy atom. The number of hydrogen-bond acceptors (Lipinski definition) is 2. The highest BCUT2D eigenvalue weighted by Gasteiger charge is 2.25. The summed E-state index contributed by atoms with van der Waals surface area (Å²) in [6, 6.07) is 6.09. The summed E-state index contributed by atoms with van der Waals surface area (Å²) in [5.41, 5.74) is 3.94. The Bertz CT molecular complexity index is 755. The summed E-state index contributed by atoms with van der Waals surface area (Å²) in [4.78, 5) is 28.5. The Kier molecular flexibility index (Phi) is 4.11. The normalized spacial score (nSPS) is 16.0. The number of nitrogens with zero attached hydrogens (tertiary/aromatic N) is 1. The molecule has 0 saturated carbocycles. The van der Waals surface area contributed by atoms with Gasteiger partial charge >= 0.3 is 5.97 Å². The van der Waals surface area contributed by atoms with Crippen molar-refractivity contribution in [1.29, 1.82) is 0 Å². The highest BCUT2D eigenvalue weighted by molar-refractivity contribution is 5.99. The van der Waals surface area contributed by atoms with E-state index in [-0.39, 0.29) is 18.2 Å². The van der Waals surface area contributed by atoms with E-state index in [0.717, 1.165) is 29.3 Å². The van der Waals surface area contributed by atoms with Crippen molar-refractivity contribution in [2.75, 3.05) is 13.1 Å². The first-order valence-electron chi connectivity index (χ1n) is 8.05. The average Bonchev–Trinajstić information content (AvgIpc) is 2.91. The molecule has 2 N–H and O–H groups in total. The van der Waals surface area contributed by atoms with Crippen molar-refractivity contribution < 1.29 is 14.7 Å². The highest BCUT2D eigenvalue weighted by atomic mass is 16.4. The summed E-state index contributed by atoms with van der Waals surface area (Å²) in [5.74, 6) is -0.563. The summed E-state index contributed by atoms with van der Waals surface area (Å²) in [5, 5.41) is 9.95. The lowest BCUT2D eigenvalue weighted by molar-refractivity contribution is -0.138. The first-order valence-corrected chi connectivity index (χ1v) is 8.05. The van der Waals surface area contributed by atoms with Crippen LogP contribution in [0.25, 0.3) is 10.9 Å². The minimum absolute atomic E-state index is 0.00651. The molecule has 1 aromatic heterocycles. The van der Waals surface area contributed by atoms with Crippen molar-refractivity contribution in [3.05, 3.63) is 35.0 Å². The van der Waals surface area contributed by atoms with Gasteiger partial charge in [-0.15, -0.1) is 0 Å². The lowest BCUT2D eigenvalue weighted by atomic mass is 9.93. The molecule has 1 fully saturated rings. The Labute approximate surface area is 135 Å². The van der Waals surface area contributed by atoms with Gasteiger partial charge in [-0.2, -0.15) is 0 Å². The van der Waals surface area contributed by atoms with Gasteiger partial charge in [0, 0.05) is 30.4 Å². The second kappa shape index (κ2) is 6.07. The molecule has 1 aliphatic heterocycles. The van der Waals surface area contributed by atoms with Crippen LogP contribution < -0.4 is 0 Å². The smallest absolute Gasteiger partial charge is 0.303 e. The van der Waals surface area contributed by atoms with E-state index >= 15 is 0 Å². The molecule has 2 heterocycles. The summed E-state index contributed by atoms with van der Waals surface area (Å²) in [6.07, 6.45) is 1.72. The summed E-state index contributed by atoms with van der Waals surface area (Å²) < 4.78 is 0. The molecule has 0 aliphatic carbocycles. The average molecular weight is 314 g/mol. The number of H-pyrrole nitrogens is 1. The van der Waals surface area contributed by atoms with Crippen LogP contribution in [-0.4, -0.2) is 40.0 Å². The van der Waals surface area contributed by atoms with Crippen molar-refractivity contribution >= 4 is 22.8 Å².